The zero-order valence-corrected chi connectivity index (χ0v) is 13.1. The number of ether oxygens (including phenoxy) is 2. The van der Waals surface area contributed by atoms with E-state index in [0.717, 1.165) is 12.2 Å². The van der Waals surface area contributed by atoms with Crippen LogP contribution in [0.5, 0.6) is 0 Å². The number of rotatable bonds is 5. The molecule has 3 rings (SSSR count). The van der Waals surface area contributed by atoms with Crippen LogP contribution in [0.3, 0.4) is 0 Å². The third-order valence-electron chi connectivity index (χ3n) is 2.95. The zero-order chi connectivity index (χ0) is 13.1. The predicted octanol–water partition coefficient (Wildman–Crippen LogP) is 2.80. The van der Waals surface area contributed by atoms with Crippen LogP contribution in [0.1, 0.15) is 5.56 Å². The summed E-state index contributed by atoms with van der Waals surface area (Å²) in [7, 11) is 0. The second kappa shape index (κ2) is 7.04. The van der Waals surface area contributed by atoms with Gasteiger partial charge in [-0.2, -0.15) is 0 Å². The van der Waals surface area contributed by atoms with Crippen molar-refractivity contribution in [2.45, 2.75) is 12.7 Å². The maximum atomic E-state index is 14.0. The summed E-state index contributed by atoms with van der Waals surface area (Å²) in [6.45, 7) is 1.75. The quantitative estimate of drug-likeness (QED) is 0.656. The summed E-state index contributed by atoms with van der Waals surface area (Å²) < 4.78 is 24.5. The van der Waals surface area contributed by atoms with Crippen LogP contribution in [0.15, 0.2) is 42.6 Å². The van der Waals surface area contributed by atoms with E-state index in [1.807, 2.05) is 18.2 Å². The second-order valence-electron chi connectivity index (χ2n) is 4.50. The monoisotopic (exact) mass is 452 g/mol. The van der Waals surface area contributed by atoms with Gasteiger partial charge in [0.1, 0.15) is 11.9 Å². The molecule has 1 aromatic carbocycles. The Balaban J connectivity index is 0.00000147. The SMILES string of the molecule is Fc1cc(COCC2CO2)ccc1-c1ccccn1.[Ir]. The van der Waals surface area contributed by atoms with Gasteiger partial charge in [-0.3, -0.25) is 4.98 Å². The van der Waals surface area contributed by atoms with E-state index >= 15 is 0 Å². The molecule has 2 aromatic rings. The van der Waals surface area contributed by atoms with Crippen LogP contribution in [0.4, 0.5) is 4.39 Å². The summed E-state index contributed by atoms with van der Waals surface area (Å²) in [5, 5.41) is 0. The van der Waals surface area contributed by atoms with Crippen molar-refractivity contribution in [1.29, 1.82) is 0 Å². The fourth-order valence-corrected chi connectivity index (χ4v) is 1.85. The van der Waals surface area contributed by atoms with Crippen molar-refractivity contribution in [1.82, 2.24) is 4.98 Å². The van der Waals surface area contributed by atoms with Gasteiger partial charge in [0.2, 0.25) is 0 Å². The standard InChI is InChI=1S/C15H14FNO2.Ir/c16-14-7-11(8-18-9-12-10-19-12)4-5-13(14)15-3-1-2-6-17-15;/h1-7,12H,8-10H2;. The van der Waals surface area contributed by atoms with Crippen LogP contribution >= 0.6 is 0 Å². The molecule has 1 aromatic heterocycles. The Bertz CT molecular complexity index is 561. The predicted molar refractivity (Wildman–Crippen MR) is 69.0 cm³/mol. The van der Waals surface area contributed by atoms with Crippen LogP contribution in [0, 0.1) is 5.82 Å². The van der Waals surface area contributed by atoms with Gasteiger partial charge in [0.15, 0.2) is 0 Å². The van der Waals surface area contributed by atoms with Gasteiger partial charge in [-0.15, -0.1) is 0 Å². The van der Waals surface area contributed by atoms with Gasteiger partial charge in [-0.25, -0.2) is 4.39 Å². The molecule has 3 nitrogen and oxygen atoms in total. The van der Waals surface area contributed by atoms with E-state index in [0.29, 0.717) is 24.5 Å². The van der Waals surface area contributed by atoms with Gasteiger partial charge in [0.25, 0.3) is 0 Å². The molecule has 1 atom stereocenters. The minimum absolute atomic E-state index is 0. The Morgan fingerprint density at radius 3 is 2.80 bits per heavy atom. The molecule has 1 aliphatic heterocycles. The number of hydrogen-bond donors (Lipinski definition) is 0. The molecular formula is C15H14FIrNO2. The summed E-state index contributed by atoms with van der Waals surface area (Å²) in [6.07, 6.45) is 1.89. The van der Waals surface area contributed by atoms with E-state index < -0.39 is 0 Å². The van der Waals surface area contributed by atoms with E-state index in [-0.39, 0.29) is 32.0 Å². The molecule has 1 fully saturated rings. The molecule has 0 bridgehead atoms. The van der Waals surface area contributed by atoms with Crippen LogP contribution in [0.25, 0.3) is 11.3 Å². The first-order chi connectivity index (χ1) is 9.33. The van der Waals surface area contributed by atoms with Crippen molar-refractivity contribution >= 4 is 0 Å². The molecule has 1 saturated heterocycles. The molecule has 1 aliphatic rings. The molecule has 2 heterocycles. The van der Waals surface area contributed by atoms with Crippen molar-refractivity contribution in [3.8, 4) is 11.3 Å². The Morgan fingerprint density at radius 2 is 2.15 bits per heavy atom. The average Bonchev–Trinajstić information content (AvgIpc) is 3.24. The topological polar surface area (TPSA) is 34.6 Å². The molecule has 0 aliphatic carbocycles. The fraction of sp³-hybridized carbons (Fsp3) is 0.267. The third kappa shape index (κ3) is 3.93. The van der Waals surface area contributed by atoms with Crippen LogP contribution < -0.4 is 0 Å². The Kier molecular flexibility index (Phi) is 5.37. The molecule has 0 amide bonds. The molecule has 107 valence electrons. The van der Waals surface area contributed by atoms with Crippen LogP contribution in [-0.2, 0) is 36.2 Å². The van der Waals surface area contributed by atoms with Gasteiger partial charge < -0.3 is 9.47 Å². The first-order valence-corrected chi connectivity index (χ1v) is 6.22. The molecule has 0 spiro atoms. The number of halogens is 1. The van der Waals surface area contributed by atoms with Gasteiger partial charge in [-0.05, 0) is 29.8 Å². The minimum atomic E-state index is -0.275. The average molecular weight is 451 g/mol. The van der Waals surface area contributed by atoms with Gasteiger partial charge >= 0.3 is 0 Å². The maximum Gasteiger partial charge on any atom is 0.132 e. The van der Waals surface area contributed by atoms with Crippen molar-refractivity contribution in [2.24, 2.45) is 0 Å². The van der Waals surface area contributed by atoms with Crippen LogP contribution in [0.2, 0.25) is 0 Å². The summed E-state index contributed by atoms with van der Waals surface area (Å²) in [6, 6.07) is 10.5. The van der Waals surface area contributed by atoms with E-state index in [9.17, 15) is 4.39 Å². The van der Waals surface area contributed by atoms with Crippen molar-refractivity contribution in [3.63, 3.8) is 0 Å². The first kappa shape index (κ1) is 15.3. The second-order valence-corrected chi connectivity index (χ2v) is 4.50. The molecule has 20 heavy (non-hydrogen) atoms. The summed E-state index contributed by atoms with van der Waals surface area (Å²) in [4.78, 5) is 4.15. The van der Waals surface area contributed by atoms with Gasteiger partial charge in [0.05, 0.1) is 25.5 Å². The third-order valence-corrected chi connectivity index (χ3v) is 2.95. The normalized spacial score (nSPS) is 16.6. The Labute approximate surface area is 130 Å². The van der Waals surface area contributed by atoms with Crippen molar-refractivity contribution in [3.05, 3.63) is 54.0 Å². The molecule has 0 saturated carbocycles. The molecule has 0 N–H and O–H groups in total. The largest absolute Gasteiger partial charge is 0.374 e. The smallest absolute Gasteiger partial charge is 0.132 e. The van der Waals surface area contributed by atoms with E-state index in [1.54, 1.807) is 18.3 Å². The van der Waals surface area contributed by atoms with E-state index in [1.165, 1.54) is 6.07 Å². The number of epoxide rings is 1. The number of nitrogens with zero attached hydrogens (tertiary/aromatic N) is 1. The maximum absolute atomic E-state index is 14.0. The summed E-state index contributed by atoms with van der Waals surface area (Å²) >= 11 is 0. The first-order valence-electron chi connectivity index (χ1n) is 6.22. The Morgan fingerprint density at radius 1 is 1.30 bits per heavy atom. The minimum Gasteiger partial charge on any atom is -0.374 e. The van der Waals surface area contributed by atoms with E-state index in [2.05, 4.69) is 4.98 Å². The summed E-state index contributed by atoms with van der Waals surface area (Å²) in [5.41, 5.74) is 1.96. The summed E-state index contributed by atoms with van der Waals surface area (Å²) in [5.74, 6) is -0.275. The van der Waals surface area contributed by atoms with Gasteiger partial charge in [0, 0.05) is 31.9 Å². The number of pyridine rings is 1. The molecule has 5 heteroatoms. The number of benzene rings is 1. The fourth-order valence-electron chi connectivity index (χ4n) is 1.85. The van der Waals surface area contributed by atoms with Gasteiger partial charge in [-0.1, -0.05) is 12.1 Å². The Hall–Kier alpha value is -1.13. The molecule has 1 radical (unpaired) electrons. The van der Waals surface area contributed by atoms with Crippen molar-refractivity contribution in [2.75, 3.05) is 13.2 Å². The van der Waals surface area contributed by atoms with Crippen molar-refractivity contribution < 1.29 is 34.0 Å². The molecular weight excluding hydrogens is 437 g/mol. The van der Waals surface area contributed by atoms with Crippen LogP contribution in [-0.4, -0.2) is 24.3 Å². The zero-order valence-electron chi connectivity index (χ0n) is 10.7. The number of aromatic nitrogens is 1. The van der Waals surface area contributed by atoms with E-state index in [4.69, 9.17) is 9.47 Å². The number of hydrogen-bond acceptors (Lipinski definition) is 3. The molecule has 1 unspecified atom stereocenters.